The highest BCUT2D eigenvalue weighted by atomic mass is 32.2. The van der Waals surface area contributed by atoms with Crippen LogP contribution in [0.5, 0.6) is 0 Å². The van der Waals surface area contributed by atoms with Gasteiger partial charge in [-0.15, -0.1) is 5.10 Å². The summed E-state index contributed by atoms with van der Waals surface area (Å²) in [5.41, 5.74) is 5.34. The third-order valence-electron chi connectivity index (χ3n) is 7.49. The van der Waals surface area contributed by atoms with Crippen molar-refractivity contribution < 1.29 is 13.5 Å². The van der Waals surface area contributed by atoms with E-state index in [0.717, 1.165) is 49.3 Å². The fourth-order valence-corrected chi connectivity index (χ4v) is 6.36. The summed E-state index contributed by atoms with van der Waals surface area (Å²) in [5.74, 6) is 0.543. The molecule has 35 heavy (non-hydrogen) atoms. The smallest absolute Gasteiger partial charge is 0.156 e. The van der Waals surface area contributed by atoms with Crippen molar-refractivity contribution in [1.82, 2.24) is 19.9 Å². The fraction of sp³-hybridized carbons (Fsp3) is 0.481. The van der Waals surface area contributed by atoms with Crippen molar-refractivity contribution in [3.63, 3.8) is 0 Å². The Hall–Kier alpha value is -2.55. The lowest BCUT2D eigenvalue weighted by Crippen LogP contribution is -2.32. The largest absolute Gasteiger partial charge is 0.390 e. The molecule has 1 saturated heterocycles. The zero-order valence-corrected chi connectivity index (χ0v) is 21.2. The van der Waals surface area contributed by atoms with Crippen LogP contribution < -0.4 is 0 Å². The van der Waals surface area contributed by atoms with Gasteiger partial charge in [0.2, 0.25) is 0 Å². The molecule has 2 aliphatic rings. The Morgan fingerprint density at radius 3 is 2.63 bits per heavy atom. The number of nitrogens with zero attached hydrogens (tertiary/aromatic N) is 4. The van der Waals surface area contributed by atoms with Crippen molar-refractivity contribution in [2.45, 2.75) is 68.7 Å². The van der Waals surface area contributed by atoms with E-state index in [1.54, 1.807) is 13.8 Å². The van der Waals surface area contributed by atoms with Gasteiger partial charge in [0.25, 0.3) is 0 Å². The van der Waals surface area contributed by atoms with Crippen molar-refractivity contribution in [1.29, 1.82) is 0 Å². The molecule has 0 saturated carbocycles. The van der Waals surface area contributed by atoms with E-state index >= 15 is 0 Å². The number of rotatable bonds is 7. The van der Waals surface area contributed by atoms with E-state index in [0.29, 0.717) is 12.3 Å². The maximum atomic E-state index is 12.3. The van der Waals surface area contributed by atoms with Crippen molar-refractivity contribution in [3.05, 3.63) is 82.7 Å². The Morgan fingerprint density at radius 2 is 1.86 bits per heavy atom. The van der Waals surface area contributed by atoms with Gasteiger partial charge in [0.05, 0.1) is 29.0 Å². The van der Waals surface area contributed by atoms with Crippen molar-refractivity contribution >= 4 is 9.84 Å². The van der Waals surface area contributed by atoms with Gasteiger partial charge in [-0.25, -0.2) is 13.1 Å². The predicted octanol–water partition coefficient (Wildman–Crippen LogP) is 3.49. The van der Waals surface area contributed by atoms with E-state index in [1.165, 1.54) is 11.1 Å². The van der Waals surface area contributed by atoms with Crippen molar-refractivity contribution in [3.8, 4) is 0 Å². The van der Waals surface area contributed by atoms with Gasteiger partial charge >= 0.3 is 0 Å². The highest BCUT2D eigenvalue weighted by Gasteiger charge is 2.33. The van der Waals surface area contributed by atoms with Crippen LogP contribution in [0.3, 0.4) is 0 Å². The molecule has 1 fully saturated rings. The molecule has 0 unspecified atom stereocenters. The molecule has 2 aromatic carbocycles. The summed E-state index contributed by atoms with van der Waals surface area (Å²) in [6, 6.07) is 16.1. The zero-order valence-electron chi connectivity index (χ0n) is 20.4. The van der Waals surface area contributed by atoms with E-state index in [9.17, 15) is 13.5 Å². The van der Waals surface area contributed by atoms with Crippen LogP contribution >= 0.6 is 0 Å². The Bertz CT molecular complexity index is 1280. The molecule has 0 radical (unpaired) electrons. The summed E-state index contributed by atoms with van der Waals surface area (Å²) in [5, 5.41) is 19.0. The van der Waals surface area contributed by atoms with Crippen molar-refractivity contribution in [2.75, 3.05) is 13.1 Å². The van der Waals surface area contributed by atoms with Gasteiger partial charge in [0.1, 0.15) is 6.04 Å². The van der Waals surface area contributed by atoms with E-state index in [1.807, 2.05) is 35.1 Å². The highest BCUT2D eigenvalue weighted by molar-refractivity contribution is 7.91. The van der Waals surface area contributed by atoms with Gasteiger partial charge in [-0.05, 0) is 68.0 Å². The zero-order chi connectivity index (χ0) is 24.6. The number of hydrogen-bond donors (Lipinski definition) is 1. The minimum absolute atomic E-state index is 0.104. The Morgan fingerprint density at radius 1 is 1.09 bits per heavy atom. The van der Waals surface area contributed by atoms with Crippen LogP contribution in [0, 0.1) is 0 Å². The molecule has 1 aliphatic carbocycles. The molecule has 1 aliphatic heterocycles. The molecule has 5 rings (SSSR count). The minimum atomic E-state index is -3.11. The minimum Gasteiger partial charge on any atom is -0.390 e. The standard InChI is InChI=1S/C27H34N4O3S/c1-19(2)35(33,34)18-20-6-5-8-22(14-20)21-10-12-30(13-11-21)16-24-17-31(29-28-24)27-25-9-4-3-7-23(25)15-26(27)32/h3-9,14,17,19,21,26-27,32H,10-13,15-16,18H2,1-2H3/t26-,27-/m1/s1. The van der Waals surface area contributed by atoms with E-state index in [4.69, 9.17) is 0 Å². The molecule has 7 nitrogen and oxygen atoms in total. The number of hydrogen-bond acceptors (Lipinski definition) is 6. The maximum Gasteiger partial charge on any atom is 0.156 e. The summed E-state index contributed by atoms with van der Waals surface area (Å²) in [6.07, 6.45) is 4.20. The molecule has 3 aromatic rings. The number of likely N-dealkylation sites (tertiary alicyclic amines) is 1. The fourth-order valence-electron chi connectivity index (χ4n) is 5.38. The van der Waals surface area contributed by atoms with Gasteiger partial charge in [-0.3, -0.25) is 4.90 Å². The Balaban J connectivity index is 1.19. The van der Waals surface area contributed by atoms with Gasteiger partial charge in [-0.2, -0.15) is 0 Å². The third-order valence-corrected chi connectivity index (χ3v) is 9.66. The summed E-state index contributed by atoms with van der Waals surface area (Å²) < 4.78 is 26.5. The predicted molar refractivity (Wildman–Crippen MR) is 136 cm³/mol. The van der Waals surface area contributed by atoms with Crippen molar-refractivity contribution in [2.24, 2.45) is 0 Å². The molecule has 1 N–H and O–H groups in total. The number of aliphatic hydroxyl groups excluding tert-OH is 1. The topological polar surface area (TPSA) is 88.3 Å². The van der Waals surface area contributed by atoms with Crippen LogP contribution in [0.2, 0.25) is 0 Å². The number of aromatic nitrogens is 3. The number of piperidine rings is 1. The van der Waals surface area contributed by atoms with Crippen LogP contribution in [0.15, 0.2) is 54.7 Å². The molecule has 0 bridgehead atoms. The second kappa shape index (κ2) is 9.84. The second-order valence-corrected chi connectivity index (χ2v) is 12.8. The first-order valence-electron chi connectivity index (χ1n) is 12.5. The van der Waals surface area contributed by atoms with Crippen LogP contribution in [-0.4, -0.2) is 57.9 Å². The maximum absolute atomic E-state index is 12.3. The first-order chi connectivity index (χ1) is 16.8. The Labute approximate surface area is 207 Å². The first-order valence-corrected chi connectivity index (χ1v) is 14.2. The molecule has 2 atom stereocenters. The molecule has 8 heteroatoms. The van der Waals surface area contributed by atoms with Gasteiger partial charge in [0.15, 0.2) is 9.84 Å². The quantitative estimate of drug-likeness (QED) is 0.541. The summed E-state index contributed by atoms with van der Waals surface area (Å²) in [6.45, 7) is 6.14. The van der Waals surface area contributed by atoms with Crippen LogP contribution in [0.1, 0.15) is 66.6 Å². The molecular formula is C27H34N4O3S. The monoisotopic (exact) mass is 494 g/mol. The lowest BCUT2D eigenvalue weighted by atomic mass is 9.88. The molecule has 0 amide bonds. The van der Waals surface area contributed by atoms with Crippen LogP contribution in [0.25, 0.3) is 0 Å². The lowest BCUT2D eigenvalue weighted by molar-refractivity contribution is 0.137. The second-order valence-electron chi connectivity index (χ2n) is 10.3. The summed E-state index contributed by atoms with van der Waals surface area (Å²) in [4.78, 5) is 2.40. The summed E-state index contributed by atoms with van der Waals surface area (Å²) >= 11 is 0. The number of benzene rings is 2. The van der Waals surface area contributed by atoms with E-state index < -0.39 is 15.9 Å². The number of fused-ring (bicyclic) bond motifs is 1. The third kappa shape index (κ3) is 5.20. The molecular weight excluding hydrogens is 460 g/mol. The average molecular weight is 495 g/mol. The molecule has 186 valence electrons. The number of aliphatic hydroxyl groups is 1. The number of sulfone groups is 1. The Kier molecular flexibility index (Phi) is 6.79. The normalized spacial score (nSPS) is 21.5. The SMILES string of the molecule is CC(C)S(=O)(=O)Cc1cccc(C2CCN(Cc3cn([C@@H]4c5ccccc5C[C@H]4O)nn3)CC2)c1. The first kappa shape index (κ1) is 24.2. The summed E-state index contributed by atoms with van der Waals surface area (Å²) in [7, 11) is -3.11. The van der Waals surface area contributed by atoms with Crippen LogP contribution in [0.4, 0.5) is 0 Å². The lowest BCUT2D eigenvalue weighted by Gasteiger charge is -2.31. The van der Waals surface area contributed by atoms with E-state index in [2.05, 4.69) is 39.5 Å². The van der Waals surface area contributed by atoms with E-state index in [-0.39, 0.29) is 17.0 Å². The molecule has 1 aromatic heterocycles. The van der Waals surface area contributed by atoms with Gasteiger partial charge in [0, 0.05) is 13.0 Å². The molecule has 2 heterocycles. The van der Waals surface area contributed by atoms with Crippen LogP contribution in [-0.2, 0) is 28.6 Å². The van der Waals surface area contributed by atoms with Gasteiger partial charge < -0.3 is 5.11 Å². The average Bonchev–Trinajstić information content (AvgIpc) is 3.42. The highest BCUT2D eigenvalue weighted by Crippen LogP contribution is 2.34. The van der Waals surface area contributed by atoms with Gasteiger partial charge in [-0.1, -0.05) is 53.7 Å². The molecule has 0 spiro atoms.